The number of rotatable bonds is 7. The third-order valence-corrected chi connectivity index (χ3v) is 4.62. The van der Waals surface area contributed by atoms with Crippen LogP contribution in [0.2, 0.25) is 0 Å². The van der Waals surface area contributed by atoms with E-state index in [1.807, 2.05) is 47.4 Å². The van der Waals surface area contributed by atoms with Crippen molar-refractivity contribution in [2.75, 3.05) is 39.9 Å². The van der Waals surface area contributed by atoms with E-state index < -0.39 is 0 Å². The lowest BCUT2D eigenvalue weighted by Gasteiger charge is -2.34. The Morgan fingerprint density at radius 3 is 2.27 bits per heavy atom. The quantitative estimate of drug-likeness (QED) is 0.767. The number of hydrogen-bond donors (Lipinski definition) is 0. The molecule has 5 nitrogen and oxygen atoms in total. The van der Waals surface area contributed by atoms with Crippen LogP contribution in [-0.4, -0.2) is 55.6 Å². The Morgan fingerprint density at radius 2 is 1.62 bits per heavy atom. The van der Waals surface area contributed by atoms with E-state index in [0.29, 0.717) is 13.0 Å². The molecule has 0 unspecified atom stereocenters. The first-order valence-electron chi connectivity index (χ1n) is 9.05. The van der Waals surface area contributed by atoms with Gasteiger partial charge in [-0.25, -0.2) is 0 Å². The first-order valence-corrected chi connectivity index (χ1v) is 9.05. The fourth-order valence-corrected chi connectivity index (χ4v) is 3.08. The SMILES string of the molecule is COc1ccc(CN2CCN(C(=O)CCOc3ccccc3)CC2)cc1. The fourth-order valence-electron chi connectivity index (χ4n) is 3.08. The van der Waals surface area contributed by atoms with Gasteiger partial charge in [0.15, 0.2) is 0 Å². The molecule has 0 N–H and O–H groups in total. The lowest BCUT2D eigenvalue weighted by Crippen LogP contribution is -2.48. The second-order valence-corrected chi connectivity index (χ2v) is 6.42. The number of carbonyl (C=O) groups excluding carboxylic acids is 1. The van der Waals surface area contributed by atoms with Crippen LogP contribution in [0.5, 0.6) is 11.5 Å². The zero-order chi connectivity index (χ0) is 18.2. The van der Waals surface area contributed by atoms with Gasteiger partial charge in [0.25, 0.3) is 0 Å². The van der Waals surface area contributed by atoms with E-state index in [4.69, 9.17) is 9.47 Å². The van der Waals surface area contributed by atoms with Crippen molar-refractivity contribution in [2.24, 2.45) is 0 Å². The van der Waals surface area contributed by atoms with Crippen LogP contribution in [0.1, 0.15) is 12.0 Å². The molecule has 0 aromatic heterocycles. The predicted octanol–water partition coefficient (Wildman–Crippen LogP) is 2.81. The monoisotopic (exact) mass is 354 g/mol. The summed E-state index contributed by atoms with van der Waals surface area (Å²) in [6.45, 7) is 4.69. The summed E-state index contributed by atoms with van der Waals surface area (Å²) in [7, 11) is 1.68. The Morgan fingerprint density at radius 1 is 0.923 bits per heavy atom. The van der Waals surface area contributed by atoms with E-state index in [-0.39, 0.29) is 5.91 Å². The van der Waals surface area contributed by atoms with Crippen molar-refractivity contribution in [3.05, 3.63) is 60.2 Å². The van der Waals surface area contributed by atoms with Gasteiger partial charge >= 0.3 is 0 Å². The van der Waals surface area contributed by atoms with Gasteiger partial charge in [0.2, 0.25) is 5.91 Å². The minimum Gasteiger partial charge on any atom is -0.497 e. The number of benzene rings is 2. The van der Waals surface area contributed by atoms with E-state index in [9.17, 15) is 4.79 Å². The summed E-state index contributed by atoms with van der Waals surface area (Å²) >= 11 is 0. The van der Waals surface area contributed by atoms with Gasteiger partial charge in [0.05, 0.1) is 20.1 Å². The van der Waals surface area contributed by atoms with Crippen molar-refractivity contribution in [3.63, 3.8) is 0 Å². The summed E-state index contributed by atoms with van der Waals surface area (Å²) in [5.41, 5.74) is 1.27. The number of hydrogen-bond acceptors (Lipinski definition) is 4. The zero-order valence-electron chi connectivity index (χ0n) is 15.3. The second-order valence-electron chi connectivity index (χ2n) is 6.42. The van der Waals surface area contributed by atoms with Crippen LogP contribution >= 0.6 is 0 Å². The third kappa shape index (κ3) is 5.23. The molecule has 1 amide bonds. The maximum Gasteiger partial charge on any atom is 0.226 e. The number of nitrogens with zero attached hydrogens (tertiary/aromatic N) is 2. The fraction of sp³-hybridized carbons (Fsp3) is 0.381. The summed E-state index contributed by atoms with van der Waals surface area (Å²) in [4.78, 5) is 16.7. The number of piperazine rings is 1. The van der Waals surface area contributed by atoms with Crippen LogP contribution in [0, 0.1) is 0 Å². The summed E-state index contributed by atoms with van der Waals surface area (Å²) in [5.74, 6) is 1.86. The molecule has 1 aliphatic heterocycles. The van der Waals surface area contributed by atoms with Gasteiger partial charge in [0, 0.05) is 32.7 Å². The van der Waals surface area contributed by atoms with Gasteiger partial charge in [-0.05, 0) is 29.8 Å². The lowest BCUT2D eigenvalue weighted by atomic mass is 10.2. The lowest BCUT2D eigenvalue weighted by molar-refractivity contribution is -0.133. The van der Waals surface area contributed by atoms with E-state index >= 15 is 0 Å². The second kappa shape index (κ2) is 9.25. The first kappa shape index (κ1) is 18.3. The van der Waals surface area contributed by atoms with Crippen molar-refractivity contribution >= 4 is 5.91 Å². The topological polar surface area (TPSA) is 42.0 Å². The van der Waals surface area contributed by atoms with Gasteiger partial charge < -0.3 is 14.4 Å². The molecule has 0 atom stereocenters. The van der Waals surface area contributed by atoms with E-state index in [1.165, 1.54) is 5.56 Å². The molecule has 0 aliphatic carbocycles. The minimum absolute atomic E-state index is 0.171. The Labute approximate surface area is 155 Å². The minimum atomic E-state index is 0.171. The van der Waals surface area contributed by atoms with Crippen LogP contribution in [0.3, 0.4) is 0 Å². The molecular weight excluding hydrogens is 328 g/mol. The Kier molecular flexibility index (Phi) is 6.50. The van der Waals surface area contributed by atoms with Crippen LogP contribution in [0.25, 0.3) is 0 Å². The predicted molar refractivity (Wildman–Crippen MR) is 101 cm³/mol. The number of ether oxygens (including phenoxy) is 2. The molecular formula is C21H26N2O3. The number of para-hydroxylation sites is 1. The van der Waals surface area contributed by atoms with Gasteiger partial charge in [-0.15, -0.1) is 0 Å². The molecule has 0 spiro atoms. The molecule has 5 heteroatoms. The molecule has 2 aromatic carbocycles. The highest BCUT2D eigenvalue weighted by Crippen LogP contribution is 2.14. The van der Waals surface area contributed by atoms with Crippen LogP contribution in [0.4, 0.5) is 0 Å². The number of methoxy groups -OCH3 is 1. The average molecular weight is 354 g/mol. The van der Waals surface area contributed by atoms with Crippen molar-refractivity contribution in [3.8, 4) is 11.5 Å². The highest BCUT2D eigenvalue weighted by molar-refractivity contribution is 5.76. The van der Waals surface area contributed by atoms with E-state index in [1.54, 1.807) is 7.11 Å². The van der Waals surface area contributed by atoms with Gasteiger partial charge in [-0.2, -0.15) is 0 Å². The van der Waals surface area contributed by atoms with Gasteiger partial charge in [-0.3, -0.25) is 9.69 Å². The third-order valence-electron chi connectivity index (χ3n) is 4.62. The Bertz CT molecular complexity index is 680. The number of carbonyl (C=O) groups is 1. The molecule has 1 saturated heterocycles. The molecule has 3 rings (SSSR count). The molecule has 0 radical (unpaired) electrons. The largest absolute Gasteiger partial charge is 0.497 e. The summed E-state index contributed by atoms with van der Waals surface area (Å²) in [6, 6.07) is 17.8. The van der Waals surface area contributed by atoms with Gasteiger partial charge in [0.1, 0.15) is 11.5 Å². The molecule has 138 valence electrons. The summed E-state index contributed by atoms with van der Waals surface area (Å²) in [5, 5.41) is 0. The molecule has 26 heavy (non-hydrogen) atoms. The van der Waals surface area contributed by atoms with Crippen molar-refractivity contribution in [2.45, 2.75) is 13.0 Å². The molecule has 1 aliphatic rings. The van der Waals surface area contributed by atoms with Crippen molar-refractivity contribution in [1.29, 1.82) is 0 Å². The smallest absolute Gasteiger partial charge is 0.226 e. The standard InChI is InChI=1S/C21H26N2O3/c1-25-19-9-7-18(8-10-19)17-22-12-14-23(15-13-22)21(24)11-16-26-20-5-3-2-4-6-20/h2-10H,11-17H2,1H3. The van der Waals surface area contributed by atoms with Crippen molar-refractivity contribution < 1.29 is 14.3 Å². The average Bonchev–Trinajstić information content (AvgIpc) is 2.70. The number of amides is 1. The molecule has 0 bridgehead atoms. The van der Waals surface area contributed by atoms with Crippen LogP contribution in [0.15, 0.2) is 54.6 Å². The van der Waals surface area contributed by atoms with Crippen LogP contribution < -0.4 is 9.47 Å². The van der Waals surface area contributed by atoms with E-state index in [2.05, 4.69) is 17.0 Å². The molecule has 1 heterocycles. The van der Waals surface area contributed by atoms with Gasteiger partial charge in [-0.1, -0.05) is 30.3 Å². The maximum absolute atomic E-state index is 12.3. The Balaban J connectivity index is 1.37. The zero-order valence-corrected chi connectivity index (χ0v) is 15.3. The molecule has 1 fully saturated rings. The summed E-state index contributed by atoms with van der Waals surface area (Å²) < 4.78 is 10.8. The Hall–Kier alpha value is -2.53. The first-order chi connectivity index (χ1) is 12.7. The van der Waals surface area contributed by atoms with Crippen LogP contribution in [-0.2, 0) is 11.3 Å². The highest BCUT2D eigenvalue weighted by atomic mass is 16.5. The highest BCUT2D eigenvalue weighted by Gasteiger charge is 2.20. The maximum atomic E-state index is 12.3. The normalized spacial score (nSPS) is 14.9. The van der Waals surface area contributed by atoms with E-state index in [0.717, 1.165) is 44.2 Å². The van der Waals surface area contributed by atoms with Crippen molar-refractivity contribution in [1.82, 2.24) is 9.80 Å². The molecule has 2 aromatic rings. The molecule has 0 saturated carbocycles. The summed E-state index contributed by atoms with van der Waals surface area (Å²) in [6.07, 6.45) is 0.424.